The molecule has 2 aliphatic heterocycles. The van der Waals surface area contributed by atoms with Crippen molar-refractivity contribution >= 4 is 11.8 Å². The van der Waals surface area contributed by atoms with Crippen LogP contribution in [0.1, 0.15) is 31.5 Å². The molecule has 1 aromatic rings. The summed E-state index contributed by atoms with van der Waals surface area (Å²) >= 11 is 0. The van der Waals surface area contributed by atoms with E-state index in [0.29, 0.717) is 32.2 Å². The van der Waals surface area contributed by atoms with Crippen molar-refractivity contribution in [2.45, 2.75) is 32.4 Å². The molecule has 1 aromatic heterocycles. The van der Waals surface area contributed by atoms with Crippen LogP contribution in [-0.2, 0) is 25.6 Å². The molecule has 1 N–H and O–H groups in total. The van der Waals surface area contributed by atoms with Crippen LogP contribution in [0, 0.1) is 5.92 Å². The molecule has 0 unspecified atom stereocenters. The van der Waals surface area contributed by atoms with Crippen LogP contribution in [0.3, 0.4) is 0 Å². The maximum atomic E-state index is 12.7. The molecule has 0 saturated carbocycles. The number of rotatable bonds is 6. The Morgan fingerprint density at radius 2 is 2.20 bits per heavy atom. The van der Waals surface area contributed by atoms with Crippen molar-refractivity contribution in [3.8, 4) is 0 Å². The Balaban J connectivity index is 1.62. The Kier molecular flexibility index (Phi) is 6.04. The van der Waals surface area contributed by atoms with Gasteiger partial charge in [0.05, 0.1) is 18.8 Å². The van der Waals surface area contributed by atoms with E-state index in [-0.39, 0.29) is 18.4 Å². The smallest absolute Gasteiger partial charge is 0.249 e. The molecule has 1 saturated heterocycles. The predicted molar refractivity (Wildman–Crippen MR) is 89.7 cm³/mol. The first-order chi connectivity index (χ1) is 12.2. The van der Waals surface area contributed by atoms with E-state index < -0.39 is 6.04 Å². The zero-order valence-corrected chi connectivity index (χ0v) is 14.6. The standard InChI is InChI=1S/C17H26N4O4/c1-2-24-12-16(22)20-10-14-3-6-19-21(14)15(11-20)17(23)18-9-13-4-7-25-8-5-13/h3,6,13,15H,2,4-5,7-12H2,1H3,(H,18,23)/t15-/m1/s1. The van der Waals surface area contributed by atoms with Gasteiger partial charge in [0.25, 0.3) is 0 Å². The normalized spacial score (nSPS) is 21.0. The van der Waals surface area contributed by atoms with Gasteiger partial charge in [-0.2, -0.15) is 5.10 Å². The summed E-state index contributed by atoms with van der Waals surface area (Å²) in [5.41, 5.74) is 0.863. The van der Waals surface area contributed by atoms with Crippen molar-refractivity contribution in [1.29, 1.82) is 0 Å². The number of hydrogen-bond donors (Lipinski definition) is 1. The van der Waals surface area contributed by atoms with Gasteiger partial charge in [-0.1, -0.05) is 0 Å². The molecule has 2 aliphatic rings. The van der Waals surface area contributed by atoms with Crippen LogP contribution in [0.15, 0.2) is 12.3 Å². The summed E-state index contributed by atoms with van der Waals surface area (Å²) in [7, 11) is 0. The summed E-state index contributed by atoms with van der Waals surface area (Å²) in [6.07, 6.45) is 3.61. The number of nitrogens with zero attached hydrogens (tertiary/aromatic N) is 3. The highest BCUT2D eigenvalue weighted by atomic mass is 16.5. The Hall–Kier alpha value is -1.93. The third-order valence-corrected chi connectivity index (χ3v) is 4.78. The zero-order valence-electron chi connectivity index (χ0n) is 14.6. The third kappa shape index (κ3) is 4.38. The molecule has 1 atom stereocenters. The topological polar surface area (TPSA) is 85.7 Å². The fraction of sp³-hybridized carbons (Fsp3) is 0.706. The number of fused-ring (bicyclic) bond motifs is 1. The second-order valence-electron chi connectivity index (χ2n) is 6.50. The Labute approximate surface area is 147 Å². The van der Waals surface area contributed by atoms with E-state index in [1.807, 2.05) is 13.0 Å². The first kappa shape index (κ1) is 17.9. The zero-order chi connectivity index (χ0) is 17.6. The molecule has 0 bridgehead atoms. The van der Waals surface area contributed by atoms with Gasteiger partial charge in [0, 0.05) is 32.6 Å². The molecule has 3 rings (SSSR count). The molecule has 138 valence electrons. The van der Waals surface area contributed by atoms with Crippen LogP contribution in [0.2, 0.25) is 0 Å². The quantitative estimate of drug-likeness (QED) is 0.800. The Morgan fingerprint density at radius 1 is 1.40 bits per heavy atom. The predicted octanol–water partition coefficient (Wildman–Crippen LogP) is 0.346. The number of nitrogens with one attached hydrogen (secondary N) is 1. The van der Waals surface area contributed by atoms with Crippen molar-refractivity contribution in [3.05, 3.63) is 18.0 Å². The second kappa shape index (κ2) is 8.44. The molecule has 0 aromatic carbocycles. The lowest BCUT2D eigenvalue weighted by atomic mass is 10.0. The number of carbonyl (C=O) groups excluding carboxylic acids is 2. The Bertz CT molecular complexity index is 597. The summed E-state index contributed by atoms with van der Waals surface area (Å²) in [5.74, 6) is 0.260. The van der Waals surface area contributed by atoms with Crippen LogP contribution >= 0.6 is 0 Å². The van der Waals surface area contributed by atoms with Gasteiger partial charge < -0.3 is 19.7 Å². The van der Waals surface area contributed by atoms with Crippen LogP contribution in [-0.4, -0.2) is 66.0 Å². The molecule has 2 amide bonds. The lowest BCUT2D eigenvalue weighted by Crippen LogP contribution is -2.48. The average molecular weight is 350 g/mol. The van der Waals surface area contributed by atoms with Gasteiger partial charge in [-0.15, -0.1) is 0 Å². The molecular formula is C17H26N4O4. The van der Waals surface area contributed by atoms with Gasteiger partial charge in [0.15, 0.2) is 0 Å². The maximum absolute atomic E-state index is 12.7. The molecule has 1 fully saturated rings. The maximum Gasteiger partial charge on any atom is 0.249 e. The van der Waals surface area contributed by atoms with E-state index in [0.717, 1.165) is 31.7 Å². The van der Waals surface area contributed by atoms with E-state index in [1.165, 1.54) is 0 Å². The third-order valence-electron chi connectivity index (χ3n) is 4.78. The summed E-state index contributed by atoms with van der Waals surface area (Å²) < 4.78 is 12.3. The van der Waals surface area contributed by atoms with E-state index in [1.54, 1.807) is 15.8 Å². The molecule has 8 nitrogen and oxygen atoms in total. The minimum absolute atomic E-state index is 0.0427. The monoisotopic (exact) mass is 350 g/mol. The molecule has 8 heteroatoms. The fourth-order valence-electron chi connectivity index (χ4n) is 3.27. The summed E-state index contributed by atoms with van der Waals surface area (Å²) in [6.45, 7) is 5.32. The van der Waals surface area contributed by atoms with Crippen molar-refractivity contribution < 1.29 is 19.1 Å². The number of carbonyl (C=O) groups is 2. The van der Waals surface area contributed by atoms with Crippen LogP contribution in [0.5, 0.6) is 0 Å². The highest BCUT2D eigenvalue weighted by molar-refractivity contribution is 5.83. The number of ether oxygens (including phenoxy) is 2. The Morgan fingerprint density at radius 3 is 2.96 bits per heavy atom. The first-order valence-corrected chi connectivity index (χ1v) is 8.92. The fourth-order valence-corrected chi connectivity index (χ4v) is 3.27. The first-order valence-electron chi connectivity index (χ1n) is 8.92. The van der Waals surface area contributed by atoms with E-state index in [4.69, 9.17) is 9.47 Å². The summed E-state index contributed by atoms with van der Waals surface area (Å²) in [5, 5.41) is 7.31. The van der Waals surface area contributed by atoms with Crippen molar-refractivity contribution in [2.75, 3.05) is 39.5 Å². The number of aromatic nitrogens is 2. The molecule has 3 heterocycles. The van der Waals surface area contributed by atoms with Crippen molar-refractivity contribution in [2.24, 2.45) is 5.92 Å². The van der Waals surface area contributed by atoms with Gasteiger partial charge in [-0.05, 0) is 31.7 Å². The SMILES string of the molecule is CCOCC(=O)N1Cc2ccnn2[C@@H](C(=O)NCC2CCOCC2)C1. The second-order valence-corrected chi connectivity index (χ2v) is 6.50. The van der Waals surface area contributed by atoms with Gasteiger partial charge in [-0.3, -0.25) is 14.3 Å². The summed E-state index contributed by atoms with van der Waals surface area (Å²) in [6, 6.07) is 1.35. The van der Waals surface area contributed by atoms with Crippen LogP contribution in [0.25, 0.3) is 0 Å². The van der Waals surface area contributed by atoms with E-state index >= 15 is 0 Å². The van der Waals surface area contributed by atoms with Crippen molar-refractivity contribution in [1.82, 2.24) is 20.0 Å². The average Bonchev–Trinajstić information content (AvgIpc) is 3.12. The molecule has 0 spiro atoms. The van der Waals surface area contributed by atoms with Crippen LogP contribution in [0.4, 0.5) is 0 Å². The number of hydrogen-bond acceptors (Lipinski definition) is 5. The minimum atomic E-state index is -0.496. The molecule has 25 heavy (non-hydrogen) atoms. The van der Waals surface area contributed by atoms with Gasteiger partial charge in [-0.25, -0.2) is 0 Å². The van der Waals surface area contributed by atoms with Gasteiger partial charge in [0.2, 0.25) is 11.8 Å². The summed E-state index contributed by atoms with van der Waals surface area (Å²) in [4.78, 5) is 26.7. The van der Waals surface area contributed by atoms with Crippen LogP contribution < -0.4 is 5.32 Å². The minimum Gasteiger partial charge on any atom is -0.381 e. The molecular weight excluding hydrogens is 324 g/mol. The van der Waals surface area contributed by atoms with E-state index in [2.05, 4.69) is 10.4 Å². The highest BCUT2D eigenvalue weighted by Crippen LogP contribution is 2.21. The lowest BCUT2D eigenvalue weighted by molar-refractivity contribution is -0.139. The van der Waals surface area contributed by atoms with Crippen molar-refractivity contribution in [3.63, 3.8) is 0 Å². The van der Waals surface area contributed by atoms with E-state index in [9.17, 15) is 9.59 Å². The molecule has 0 aliphatic carbocycles. The highest BCUT2D eigenvalue weighted by Gasteiger charge is 2.33. The van der Waals surface area contributed by atoms with Gasteiger partial charge in [0.1, 0.15) is 12.6 Å². The largest absolute Gasteiger partial charge is 0.381 e. The number of amides is 2. The molecule has 0 radical (unpaired) electrons. The lowest BCUT2D eigenvalue weighted by Gasteiger charge is -2.33. The van der Waals surface area contributed by atoms with Gasteiger partial charge >= 0.3 is 0 Å².